The lowest BCUT2D eigenvalue weighted by Gasteiger charge is -2.08. The Morgan fingerprint density at radius 1 is 1.21 bits per heavy atom. The maximum Gasteiger partial charge on any atom is 0.337 e. The number of halogens is 2. The van der Waals surface area contributed by atoms with Crippen LogP contribution < -0.4 is 5.32 Å². The Morgan fingerprint density at radius 2 is 1.95 bits per heavy atom. The maximum atomic E-state index is 10.9. The lowest BCUT2D eigenvalue weighted by Crippen LogP contribution is -2.03. The third kappa shape index (κ3) is 3.16. The molecule has 1 aromatic heterocycles. The van der Waals surface area contributed by atoms with Crippen molar-refractivity contribution in [2.45, 2.75) is 6.92 Å². The van der Waals surface area contributed by atoms with Crippen LogP contribution in [0.5, 0.6) is 0 Å². The number of aromatic carboxylic acids is 1. The number of carbonyl (C=O) groups is 1. The second-order valence-electron chi connectivity index (χ2n) is 3.89. The zero-order valence-corrected chi connectivity index (χ0v) is 11.5. The Kier molecular flexibility index (Phi) is 3.93. The first-order valence-electron chi connectivity index (χ1n) is 5.40. The average molecular weight is 297 g/mol. The van der Waals surface area contributed by atoms with Gasteiger partial charge in [0.25, 0.3) is 0 Å². The van der Waals surface area contributed by atoms with E-state index in [1.165, 1.54) is 6.07 Å². The number of hydrogen-bond donors (Lipinski definition) is 2. The van der Waals surface area contributed by atoms with Gasteiger partial charge in [0.05, 0.1) is 21.3 Å². The van der Waals surface area contributed by atoms with Gasteiger partial charge >= 0.3 is 5.97 Å². The zero-order valence-electron chi connectivity index (χ0n) is 9.95. The van der Waals surface area contributed by atoms with Gasteiger partial charge < -0.3 is 10.4 Å². The number of pyridine rings is 1. The van der Waals surface area contributed by atoms with Crippen molar-refractivity contribution in [2.24, 2.45) is 0 Å². The van der Waals surface area contributed by atoms with Gasteiger partial charge in [0.1, 0.15) is 5.82 Å². The number of hydrogen-bond acceptors (Lipinski definition) is 3. The molecule has 98 valence electrons. The van der Waals surface area contributed by atoms with Crippen molar-refractivity contribution in [1.29, 1.82) is 0 Å². The van der Waals surface area contributed by atoms with E-state index in [0.29, 0.717) is 21.6 Å². The Hall–Kier alpha value is -1.78. The van der Waals surface area contributed by atoms with E-state index in [0.717, 1.165) is 5.69 Å². The fourth-order valence-corrected chi connectivity index (χ4v) is 1.88. The second kappa shape index (κ2) is 5.47. The SMILES string of the molecule is Cc1nc(Nc2ccc(Cl)c(Cl)c2)ccc1C(=O)O. The molecular weight excluding hydrogens is 287 g/mol. The van der Waals surface area contributed by atoms with Crippen LogP contribution >= 0.6 is 23.2 Å². The molecule has 0 saturated heterocycles. The molecule has 0 unspecified atom stereocenters. The van der Waals surface area contributed by atoms with Gasteiger partial charge in [-0.2, -0.15) is 0 Å². The minimum atomic E-state index is -0.994. The van der Waals surface area contributed by atoms with Gasteiger partial charge in [0.15, 0.2) is 0 Å². The monoisotopic (exact) mass is 296 g/mol. The highest BCUT2D eigenvalue weighted by molar-refractivity contribution is 6.42. The van der Waals surface area contributed by atoms with E-state index in [1.807, 2.05) is 0 Å². The standard InChI is InChI=1S/C13H10Cl2N2O2/c1-7-9(13(18)19)3-5-12(16-7)17-8-2-4-10(14)11(15)6-8/h2-6H,1H3,(H,16,17)(H,18,19). The van der Waals surface area contributed by atoms with Gasteiger partial charge in [-0.05, 0) is 37.3 Å². The van der Waals surface area contributed by atoms with Crippen LogP contribution in [0.1, 0.15) is 16.1 Å². The number of aryl methyl sites for hydroxylation is 1. The number of rotatable bonds is 3. The van der Waals surface area contributed by atoms with Crippen LogP contribution in [-0.2, 0) is 0 Å². The van der Waals surface area contributed by atoms with Crippen LogP contribution in [0.4, 0.5) is 11.5 Å². The molecule has 0 radical (unpaired) electrons. The molecule has 19 heavy (non-hydrogen) atoms. The molecule has 0 aliphatic carbocycles. The van der Waals surface area contributed by atoms with Crippen LogP contribution in [0.15, 0.2) is 30.3 Å². The Labute approximate surface area is 120 Å². The molecule has 1 heterocycles. The lowest BCUT2D eigenvalue weighted by atomic mass is 10.2. The number of nitrogens with one attached hydrogen (secondary N) is 1. The molecule has 2 aromatic rings. The smallest absolute Gasteiger partial charge is 0.337 e. The van der Waals surface area contributed by atoms with Gasteiger partial charge in [-0.15, -0.1) is 0 Å². The number of nitrogens with zero attached hydrogens (tertiary/aromatic N) is 1. The highest BCUT2D eigenvalue weighted by atomic mass is 35.5. The van der Waals surface area contributed by atoms with E-state index in [4.69, 9.17) is 28.3 Å². The molecule has 0 amide bonds. The predicted molar refractivity (Wildman–Crippen MR) is 75.7 cm³/mol. The topological polar surface area (TPSA) is 62.2 Å². The van der Waals surface area contributed by atoms with Crippen molar-refractivity contribution >= 4 is 40.7 Å². The molecule has 0 saturated carbocycles. The van der Waals surface area contributed by atoms with E-state index in [9.17, 15) is 4.79 Å². The Morgan fingerprint density at radius 3 is 2.53 bits per heavy atom. The van der Waals surface area contributed by atoms with Crippen molar-refractivity contribution in [3.05, 3.63) is 51.6 Å². The van der Waals surface area contributed by atoms with E-state index < -0.39 is 5.97 Å². The van der Waals surface area contributed by atoms with Crippen LogP contribution in [-0.4, -0.2) is 16.1 Å². The van der Waals surface area contributed by atoms with E-state index in [2.05, 4.69) is 10.3 Å². The third-order valence-corrected chi connectivity index (χ3v) is 3.25. The minimum Gasteiger partial charge on any atom is -0.478 e. The molecule has 0 aliphatic rings. The largest absolute Gasteiger partial charge is 0.478 e. The molecule has 2 N–H and O–H groups in total. The molecular formula is C13H10Cl2N2O2. The summed E-state index contributed by atoms with van der Waals surface area (Å²) in [4.78, 5) is 15.1. The Bertz CT molecular complexity index is 645. The summed E-state index contributed by atoms with van der Waals surface area (Å²) in [5.74, 6) is -0.452. The number of carboxylic acids is 1. The predicted octanol–water partition coefficient (Wildman–Crippen LogP) is 4.14. The van der Waals surface area contributed by atoms with Gasteiger partial charge in [-0.3, -0.25) is 0 Å². The molecule has 0 fully saturated rings. The number of aromatic nitrogens is 1. The summed E-state index contributed by atoms with van der Waals surface area (Å²) in [5.41, 5.74) is 1.35. The quantitative estimate of drug-likeness (QED) is 0.893. The van der Waals surface area contributed by atoms with Crippen LogP contribution in [0.3, 0.4) is 0 Å². The number of carboxylic acid groups (broad SMARTS) is 1. The molecule has 2 rings (SSSR count). The second-order valence-corrected chi connectivity index (χ2v) is 4.70. The van der Waals surface area contributed by atoms with Crippen molar-refractivity contribution in [2.75, 3.05) is 5.32 Å². The Balaban J connectivity index is 2.26. The molecule has 0 atom stereocenters. The first-order valence-corrected chi connectivity index (χ1v) is 6.16. The van der Waals surface area contributed by atoms with Crippen molar-refractivity contribution < 1.29 is 9.90 Å². The van der Waals surface area contributed by atoms with Crippen LogP contribution in [0.2, 0.25) is 10.0 Å². The molecule has 1 aromatic carbocycles. The number of anilines is 2. The normalized spacial score (nSPS) is 10.3. The zero-order chi connectivity index (χ0) is 14.0. The summed E-state index contributed by atoms with van der Waals surface area (Å²) in [7, 11) is 0. The summed E-state index contributed by atoms with van der Waals surface area (Å²) in [5, 5.41) is 12.9. The van der Waals surface area contributed by atoms with E-state index in [-0.39, 0.29) is 5.56 Å². The molecule has 0 aliphatic heterocycles. The summed E-state index contributed by atoms with van der Waals surface area (Å²) in [6, 6.07) is 8.20. The van der Waals surface area contributed by atoms with Crippen molar-refractivity contribution in [1.82, 2.24) is 4.98 Å². The van der Waals surface area contributed by atoms with E-state index in [1.54, 1.807) is 31.2 Å². The molecule has 0 spiro atoms. The first-order chi connectivity index (χ1) is 8.97. The highest BCUT2D eigenvalue weighted by Gasteiger charge is 2.09. The van der Waals surface area contributed by atoms with Gasteiger partial charge in [0.2, 0.25) is 0 Å². The molecule has 4 nitrogen and oxygen atoms in total. The molecule has 0 bridgehead atoms. The number of benzene rings is 1. The highest BCUT2D eigenvalue weighted by Crippen LogP contribution is 2.26. The van der Waals surface area contributed by atoms with Gasteiger partial charge in [-0.1, -0.05) is 23.2 Å². The lowest BCUT2D eigenvalue weighted by molar-refractivity contribution is 0.0695. The third-order valence-electron chi connectivity index (χ3n) is 2.51. The van der Waals surface area contributed by atoms with E-state index >= 15 is 0 Å². The van der Waals surface area contributed by atoms with Gasteiger partial charge in [0, 0.05) is 5.69 Å². The summed E-state index contributed by atoms with van der Waals surface area (Å²) >= 11 is 11.7. The van der Waals surface area contributed by atoms with Crippen LogP contribution in [0.25, 0.3) is 0 Å². The fourth-order valence-electron chi connectivity index (χ4n) is 1.58. The van der Waals surface area contributed by atoms with Crippen LogP contribution in [0, 0.1) is 6.92 Å². The molecule has 6 heteroatoms. The van der Waals surface area contributed by atoms with Crippen molar-refractivity contribution in [3.8, 4) is 0 Å². The van der Waals surface area contributed by atoms with Gasteiger partial charge in [-0.25, -0.2) is 9.78 Å². The fraction of sp³-hybridized carbons (Fsp3) is 0.0769. The van der Waals surface area contributed by atoms with Crippen molar-refractivity contribution in [3.63, 3.8) is 0 Å². The maximum absolute atomic E-state index is 10.9. The minimum absolute atomic E-state index is 0.180. The summed E-state index contributed by atoms with van der Waals surface area (Å²) < 4.78 is 0. The summed E-state index contributed by atoms with van der Waals surface area (Å²) in [6.45, 7) is 1.64. The average Bonchev–Trinajstić information content (AvgIpc) is 2.33. The first kappa shape index (κ1) is 13.6. The summed E-state index contributed by atoms with van der Waals surface area (Å²) in [6.07, 6.45) is 0.